The quantitative estimate of drug-likeness (QED) is 0.269. The van der Waals surface area contributed by atoms with Gasteiger partial charge < -0.3 is 37.6 Å². The molecule has 0 saturated carbocycles. The van der Waals surface area contributed by atoms with Gasteiger partial charge in [0, 0.05) is 6.42 Å². The van der Waals surface area contributed by atoms with Crippen molar-refractivity contribution in [3.05, 3.63) is 0 Å². The average molecular weight is 440 g/mol. The molecule has 0 unspecified atom stereocenters. The van der Waals surface area contributed by atoms with Crippen LogP contribution in [-0.2, 0) is 19.2 Å². The Balaban J connectivity index is -0.000000153. The minimum atomic E-state index is -0.963. The smallest absolute Gasteiger partial charge is 0.320 e. The van der Waals surface area contributed by atoms with Gasteiger partial charge in [-0.25, -0.2) is 0 Å². The van der Waals surface area contributed by atoms with Crippen molar-refractivity contribution in [3.63, 3.8) is 0 Å². The van der Waals surface area contributed by atoms with Crippen LogP contribution in [0.15, 0.2) is 0 Å². The third kappa shape index (κ3) is 36.6. The number of carboxylic acids is 4. The second kappa shape index (κ2) is 21.5. The topological polar surface area (TPSA) is 227 Å². The van der Waals surface area contributed by atoms with E-state index >= 15 is 0 Å². The molecule has 0 bridgehead atoms. The highest BCUT2D eigenvalue weighted by molar-refractivity contribution is 5.73. The predicted octanol–water partition coefficient (Wildman–Crippen LogP) is 1.18. The van der Waals surface area contributed by atoms with E-state index in [1.807, 2.05) is 34.6 Å². The van der Waals surface area contributed by atoms with Crippen LogP contribution < -0.4 is 17.2 Å². The van der Waals surface area contributed by atoms with Gasteiger partial charge in [-0.05, 0) is 38.0 Å². The van der Waals surface area contributed by atoms with Crippen LogP contribution in [-0.4, -0.2) is 62.4 Å². The molecule has 0 aromatic carbocycles. The molecule has 10 N–H and O–H groups in total. The standard InChI is InChI=1S/2C6H13NO2.C4H8O2.C3H7NO2/c2*1-4(2)3-5(7)6(8)9;1-2-3-4(5)6;1-2(4)3(5)6/h2*4-5H,3,7H2,1-2H3,(H,8,9);2-3H2,1H3,(H,5,6);2H,4H2,1H3,(H,5,6)/t2*5-;;2-/m00.0/s1. The first kappa shape index (κ1) is 35.2. The maximum absolute atomic E-state index is 10.1. The maximum Gasteiger partial charge on any atom is 0.320 e. The summed E-state index contributed by atoms with van der Waals surface area (Å²) in [6.07, 6.45) is 2.12. The van der Waals surface area contributed by atoms with E-state index in [0.29, 0.717) is 31.1 Å². The molecule has 11 heteroatoms. The van der Waals surface area contributed by atoms with E-state index in [-0.39, 0.29) is 0 Å². The summed E-state index contributed by atoms with van der Waals surface area (Å²) in [6.45, 7) is 11.0. The van der Waals surface area contributed by atoms with Crippen molar-refractivity contribution in [2.24, 2.45) is 29.0 Å². The molecule has 0 radical (unpaired) electrons. The molecule has 30 heavy (non-hydrogen) atoms. The molecule has 0 saturated heterocycles. The van der Waals surface area contributed by atoms with Crippen LogP contribution >= 0.6 is 0 Å². The van der Waals surface area contributed by atoms with Crippen LogP contribution in [0.2, 0.25) is 0 Å². The van der Waals surface area contributed by atoms with Gasteiger partial charge in [0.1, 0.15) is 18.1 Å². The number of nitrogens with two attached hydrogens (primary N) is 3. The molecule has 0 aromatic rings. The molecule has 0 aliphatic carbocycles. The lowest BCUT2D eigenvalue weighted by Gasteiger charge is -2.07. The molecule has 0 spiro atoms. The van der Waals surface area contributed by atoms with Gasteiger partial charge in [-0.1, -0.05) is 34.6 Å². The van der Waals surface area contributed by atoms with E-state index < -0.39 is 42.0 Å². The van der Waals surface area contributed by atoms with Gasteiger partial charge in [-0.15, -0.1) is 0 Å². The number of hydrogen-bond acceptors (Lipinski definition) is 7. The van der Waals surface area contributed by atoms with E-state index in [1.54, 1.807) is 0 Å². The SMILES string of the molecule is CC(C)C[C@H](N)C(=O)O.CC(C)C[C@H](N)C(=O)O.CCCC(=O)O.C[C@H](N)C(=O)O. The summed E-state index contributed by atoms with van der Waals surface area (Å²) in [4.78, 5) is 39.4. The molecule has 11 nitrogen and oxygen atoms in total. The van der Waals surface area contributed by atoms with E-state index in [9.17, 15) is 19.2 Å². The van der Waals surface area contributed by atoms with E-state index in [2.05, 4.69) is 0 Å². The van der Waals surface area contributed by atoms with E-state index in [4.69, 9.17) is 37.6 Å². The van der Waals surface area contributed by atoms with Crippen molar-refractivity contribution >= 4 is 23.9 Å². The van der Waals surface area contributed by atoms with E-state index in [0.717, 1.165) is 6.42 Å². The van der Waals surface area contributed by atoms with Crippen molar-refractivity contribution in [1.82, 2.24) is 0 Å². The Hall–Kier alpha value is -2.24. The van der Waals surface area contributed by atoms with Crippen molar-refractivity contribution in [3.8, 4) is 0 Å². The Kier molecular flexibility index (Phi) is 25.2. The highest BCUT2D eigenvalue weighted by Gasteiger charge is 2.12. The zero-order valence-electron chi connectivity index (χ0n) is 18.9. The summed E-state index contributed by atoms with van der Waals surface area (Å²) in [5.74, 6) is -2.79. The second-order valence-corrected chi connectivity index (χ2v) is 7.42. The fraction of sp³-hybridized carbons (Fsp3) is 0.789. The zero-order chi connectivity index (χ0) is 25.0. The summed E-state index contributed by atoms with van der Waals surface area (Å²) >= 11 is 0. The Morgan fingerprint density at radius 2 is 0.933 bits per heavy atom. The van der Waals surface area contributed by atoms with Gasteiger partial charge in [0.25, 0.3) is 0 Å². The van der Waals surface area contributed by atoms with E-state index in [1.165, 1.54) is 6.92 Å². The first-order chi connectivity index (χ1) is 13.5. The fourth-order valence-corrected chi connectivity index (χ4v) is 1.43. The monoisotopic (exact) mass is 439 g/mol. The Morgan fingerprint density at radius 3 is 0.967 bits per heavy atom. The first-order valence-corrected chi connectivity index (χ1v) is 9.66. The van der Waals surface area contributed by atoms with Crippen molar-refractivity contribution < 1.29 is 39.6 Å². The highest BCUT2D eigenvalue weighted by atomic mass is 16.4. The van der Waals surface area contributed by atoms with Crippen LogP contribution in [0.1, 0.15) is 67.2 Å². The summed E-state index contributed by atoms with van der Waals surface area (Å²) in [5.41, 5.74) is 15.3. The molecule has 3 atom stereocenters. The summed E-state index contributed by atoms with van der Waals surface area (Å²) in [5, 5.41) is 32.4. The van der Waals surface area contributed by atoms with Crippen molar-refractivity contribution in [2.75, 3.05) is 0 Å². The summed E-state index contributed by atoms with van der Waals surface area (Å²) in [6, 6.07) is -2.11. The second-order valence-electron chi connectivity index (χ2n) is 7.42. The third-order valence-electron chi connectivity index (χ3n) is 2.94. The zero-order valence-corrected chi connectivity index (χ0v) is 18.9. The summed E-state index contributed by atoms with van der Waals surface area (Å²) < 4.78 is 0. The molecular weight excluding hydrogens is 398 g/mol. The Morgan fingerprint density at radius 1 is 0.667 bits per heavy atom. The van der Waals surface area contributed by atoms with Crippen LogP contribution in [0.3, 0.4) is 0 Å². The van der Waals surface area contributed by atoms with Gasteiger partial charge in [0.2, 0.25) is 0 Å². The normalized spacial score (nSPS) is 12.6. The molecule has 0 aliphatic rings. The van der Waals surface area contributed by atoms with Gasteiger partial charge in [0.15, 0.2) is 0 Å². The number of hydrogen-bond donors (Lipinski definition) is 7. The minimum absolute atomic E-state index is 0.292. The first-order valence-electron chi connectivity index (χ1n) is 9.66. The predicted molar refractivity (Wildman–Crippen MR) is 114 cm³/mol. The van der Waals surface area contributed by atoms with Crippen LogP contribution in [0, 0.1) is 11.8 Å². The van der Waals surface area contributed by atoms with Gasteiger partial charge in [-0.3, -0.25) is 19.2 Å². The molecule has 0 heterocycles. The lowest BCUT2D eigenvalue weighted by molar-refractivity contribution is -0.139. The van der Waals surface area contributed by atoms with Gasteiger partial charge >= 0.3 is 23.9 Å². The molecule has 0 aromatic heterocycles. The Labute approximate surface area is 178 Å². The average Bonchev–Trinajstić information content (AvgIpc) is 2.54. The maximum atomic E-state index is 10.1. The number of rotatable bonds is 9. The van der Waals surface area contributed by atoms with Crippen LogP contribution in [0.4, 0.5) is 0 Å². The molecule has 180 valence electrons. The number of carboxylic acid groups (broad SMARTS) is 4. The van der Waals surface area contributed by atoms with Gasteiger partial charge in [0.05, 0.1) is 0 Å². The van der Waals surface area contributed by atoms with Crippen LogP contribution in [0.5, 0.6) is 0 Å². The molecule has 0 amide bonds. The molecule has 0 fully saturated rings. The Bertz CT molecular complexity index is 456. The summed E-state index contributed by atoms with van der Waals surface area (Å²) in [7, 11) is 0. The highest BCUT2D eigenvalue weighted by Crippen LogP contribution is 2.02. The lowest BCUT2D eigenvalue weighted by Crippen LogP contribution is -2.31. The largest absolute Gasteiger partial charge is 0.481 e. The number of aliphatic carboxylic acids is 4. The van der Waals surface area contributed by atoms with Gasteiger partial charge in [-0.2, -0.15) is 0 Å². The van der Waals surface area contributed by atoms with Crippen molar-refractivity contribution in [2.45, 2.75) is 85.4 Å². The lowest BCUT2D eigenvalue weighted by atomic mass is 10.1. The molecular formula is C19H41N3O8. The fourth-order valence-electron chi connectivity index (χ4n) is 1.43. The third-order valence-corrected chi connectivity index (χ3v) is 2.94. The number of carbonyl (C=O) groups is 4. The van der Waals surface area contributed by atoms with Crippen LogP contribution in [0.25, 0.3) is 0 Å². The van der Waals surface area contributed by atoms with Crippen molar-refractivity contribution in [1.29, 1.82) is 0 Å². The minimum Gasteiger partial charge on any atom is -0.481 e. The molecule has 0 aliphatic heterocycles. The molecule has 0 rings (SSSR count).